The first kappa shape index (κ1) is 15.7. The number of aromatic nitrogens is 1. The lowest BCUT2D eigenvalue weighted by molar-refractivity contribution is -0.131. The lowest BCUT2D eigenvalue weighted by atomic mass is 10.1. The zero-order valence-corrected chi connectivity index (χ0v) is 13.4. The average Bonchev–Trinajstić information content (AvgIpc) is 2.87. The van der Waals surface area contributed by atoms with Crippen molar-refractivity contribution in [3.8, 4) is 0 Å². The number of methoxy groups -OCH3 is 1. The van der Waals surface area contributed by atoms with E-state index >= 15 is 0 Å². The van der Waals surface area contributed by atoms with Crippen molar-refractivity contribution in [2.75, 3.05) is 7.11 Å². The Labute approximate surface area is 129 Å². The predicted molar refractivity (Wildman–Crippen MR) is 84.3 cm³/mol. The molecule has 0 radical (unpaired) electrons. The lowest BCUT2D eigenvalue weighted by Gasteiger charge is -2.15. The van der Waals surface area contributed by atoms with Crippen LogP contribution in [0.2, 0.25) is 0 Å². The van der Waals surface area contributed by atoms with Gasteiger partial charge in [-0.05, 0) is 18.9 Å². The number of hydrogen-bond donors (Lipinski definition) is 1. The maximum Gasteiger partial charge on any atom is 0.254 e. The number of nitrogens with zero attached hydrogens (tertiary/aromatic N) is 1. The number of thiazole rings is 1. The Morgan fingerprint density at radius 2 is 2.10 bits per heavy atom. The number of carbonyl (C=O) groups excluding carboxylic acids is 1. The Balaban J connectivity index is 2.01. The highest BCUT2D eigenvalue weighted by Crippen LogP contribution is 2.20. The normalized spacial score (nSPS) is 12.1. The highest BCUT2D eigenvalue weighted by molar-refractivity contribution is 7.11. The highest BCUT2D eigenvalue weighted by Gasteiger charge is 2.20. The molecule has 5 heteroatoms. The number of ether oxygens (including phenoxy) is 1. The van der Waals surface area contributed by atoms with Crippen LogP contribution in [0.3, 0.4) is 0 Å². The van der Waals surface area contributed by atoms with Crippen molar-refractivity contribution in [3.05, 3.63) is 51.5 Å². The number of hydrogen-bond acceptors (Lipinski definition) is 4. The summed E-state index contributed by atoms with van der Waals surface area (Å²) in [6, 6.07) is 9.49. The summed E-state index contributed by atoms with van der Waals surface area (Å²) in [5.41, 5.74) is 1.85. The molecular formula is C16H20N2O2S. The molecule has 112 valence electrons. The molecule has 0 saturated carbocycles. The van der Waals surface area contributed by atoms with Crippen LogP contribution < -0.4 is 5.32 Å². The molecule has 21 heavy (non-hydrogen) atoms. The number of aryl methyl sites for hydroxylation is 2. The van der Waals surface area contributed by atoms with Gasteiger partial charge in [-0.15, -0.1) is 11.3 Å². The third-order valence-electron chi connectivity index (χ3n) is 3.24. The van der Waals surface area contributed by atoms with Gasteiger partial charge in [-0.25, -0.2) is 4.98 Å². The van der Waals surface area contributed by atoms with E-state index in [2.05, 4.69) is 17.2 Å². The molecule has 2 rings (SSSR count). The van der Waals surface area contributed by atoms with Crippen molar-refractivity contribution in [1.29, 1.82) is 0 Å². The second-order valence-electron chi connectivity index (χ2n) is 4.71. The van der Waals surface area contributed by atoms with Crippen LogP contribution in [0.15, 0.2) is 30.3 Å². The van der Waals surface area contributed by atoms with E-state index in [0.29, 0.717) is 6.54 Å². The van der Waals surface area contributed by atoms with Gasteiger partial charge in [0.05, 0.1) is 17.2 Å². The monoisotopic (exact) mass is 304 g/mol. The lowest BCUT2D eigenvalue weighted by Crippen LogP contribution is -2.29. The minimum atomic E-state index is -0.579. The van der Waals surface area contributed by atoms with Gasteiger partial charge in [-0.3, -0.25) is 4.79 Å². The molecule has 1 heterocycles. The summed E-state index contributed by atoms with van der Waals surface area (Å²) in [5.74, 6) is -0.130. The fourth-order valence-corrected chi connectivity index (χ4v) is 3.03. The van der Waals surface area contributed by atoms with E-state index in [0.717, 1.165) is 27.6 Å². The van der Waals surface area contributed by atoms with Crippen LogP contribution in [0.1, 0.15) is 34.2 Å². The van der Waals surface area contributed by atoms with Crippen LogP contribution in [-0.4, -0.2) is 18.0 Å². The van der Waals surface area contributed by atoms with Gasteiger partial charge in [-0.1, -0.05) is 37.3 Å². The maximum atomic E-state index is 12.3. The fraction of sp³-hybridized carbons (Fsp3) is 0.375. The third kappa shape index (κ3) is 3.89. The first-order valence-electron chi connectivity index (χ1n) is 6.96. The molecule has 0 aliphatic heterocycles. The summed E-state index contributed by atoms with van der Waals surface area (Å²) in [6.45, 7) is 4.55. The molecule has 4 nitrogen and oxygen atoms in total. The molecule has 2 aromatic rings. The standard InChI is InChI=1S/C16H20N2O2S/c1-4-14-18-11(2)13(21-14)10-17-16(19)15(20-3)12-8-6-5-7-9-12/h5-9,15H,4,10H2,1-3H3,(H,17,19)/t15-/m0/s1. The predicted octanol–water partition coefficient (Wildman–Crippen LogP) is 3.02. The quantitative estimate of drug-likeness (QED) is 0.892. The Kier molecular flexibility index (Phi) is 5.47. The molecule has 0 saturated heterocycles. The fourth-order valence-electron chi connectivity index (χ4n) is 2.09. The molecule has 0 aliphatic rings. The molecule has 1 N–H and O–H groups in total. The summed E-state index contributed by atoms with van der Waals surface area (Å²) >= 11 is 1.65. The first-order valence-corrected chi connectivity index (χ1v) is 7.78. The van der Waals surface area contributed by atoms with Gasteiger partial charge in [-0.2, -0.15) is 0 Å². The summed E-state index contributed by atoms with van der Waals surface area (Å²) < 4.78 is 5.32. The average molecular weight is 304 g/mol. The summed E-state index contributed by atoms with van der Waals surface area (Å²) in [4.78, 5) is 17.9. The van der Waals surface area contributed by atoms with Gasteiger partial charge in [0.25, 0.3) is 5.91 Å². The van der Waals surface area contributed by atoms with Crippen LogP contribution >= 0.6 is 11.3 Å². The van der Waals surface area contributed by atoms with Crippen LogP contribution in [0.25, 0.3) is 0 Å². The molecule has 0 aliphatic carbocycles. The number of nitrogens with one attached hydrogen (secondary N) is 1. The molecule has 1 atom stereocenters. The Bertz CT molecular complexity index is 596. The van der Waals surface area contributed by atoms with Crippen molar-refractivity contribution >= 4 is 17.2 Å². The molecule has 0 unspecified atom stereocenters. The minimum Gasteiger partial charge on any atom is -0.367 e. The molecular weight excluding hydrogens is 284 g/mol. The number of benzene rings is 1. The molecule has 1 aromatic carbocycles. The summed E-state index contributed by atoms with van der Waals surface area (Å²) in [6.07, 6.45) is 0.342. The molecule has 0 bridgehead atoms. The van der Waals surface area contributed by atoms with E-state index in [9.17, 15) is 4.79 Å². The number of rotatable bonds is 6. The van der Waals surface area contributed by atoms with E-state index in [1.54, 1.807) is 18.4 Å². The largest absolute Gasteiger partial charge is 0.367 e. The van der Waals surface area contributed by atoms with Gasteiger partial charge in [0.15, 0.2) is 6.10 Å². The zero-order chi connectivity index (χ0) is 15.2. The molecule has 1 aromatic heterocycles. The number of amides is 1. The van der Waals surface area contributed by atoms with Crippen molar-refractivity contribution in [1.82, 2.24) is 10.3 Å². The van der Waals surface area contributed by atoms with E-state index in [-0.39, 0.29) is 5.91 Å². The van der Waals surface area contributed by atoms with Gasteiger partial charge in [0.2, 0.25) is 0 Å². The van der Waals surface area contributed by atoms with Crippen molar-refractivity contribution < 1.29 is 9.53 Å². The maximum absolute atomic E-state index is 12.3. The Hall–Kier alpha value is -1.72. The van der Waals surface area contributed by atoms with Crippen LogP contribution in [0.4, 0.5) is 0 Å². The molecule has 1 amide bonds. The van der Waals surface area contributed by atoms with Crippen molar-refractivity contribution in [2.45, 2.75) is 32.9 Å². The van der Waals surface area contributed by atoms with Crippen LogP contribution in [0.5, 0.6) is 0 Å². The number of carbonyl (C=O) groups is 1. The topological polar surface area (TPSA) is 51.2 Å². The Morgan fingerprint density at radius 3 is 2.67 bits per heavy atom. The molecule has 0 spiro atoms. The van der Waals surface area contributed by atoms with E-state index in [1.807, 2.05) is 37.3 Å². The second-order valence-corrected chi connectivity index (χ2v) is 5.88. The Morgan fingerprint density at radius 1 is 1.38 bits per heavy atom. The minimum absolute atomic E-state index is 0.130. The summed E-state index contributed by atoms with van der Waals surface area (Å²) in [5, 5.41) is 4.03. The van der Waals surface area contributed by atoms with Crippen molar-refractivity contribution in [3.63, 3.8) is 0 Å². The van der Waals surface area contributed by atoms with E-state index < -0.39 is 6.10 Å². The van der Waals surface area contributed by atoms with Gasteiger partial charge in [0, 0.05) is 12.0 Å². The van der Waals surface area contributed by atoms with Crippen LogP contribution in [0, 0.1) is 6.92 Å². The molecule has 0 fully saturated rings. The highest BCUT2D eigenvalue weighted by atomic mass is 32.1. The van der Waals surface area contributed by atoms with Crippen molar-refractivity contribution in [2.24, 2.45) is 0 Å². The van der Waals surface area contributed by atoms with Gasteiger partial charge < -0.3 is 10.1 Å². The van der Waals surface area contributed by atoms with Gasteiger partial charge in [0.1, 0.15) is 0 Å². The smallest absolute Gasteiger partial charge is 0.254 e. The van der Waals surface area contributed by atoms with Gasteiger partial charge >= 0.3 is 0 Å². The third-order valence-corrected chi connectivity index (χ3v) is 4.54. The second kappa shape index (κ2) is 7.33. The zero-order valence-electron chi connectivity index (χ0n) is 12.6. The summed E-state index contributed by atoms with van der Waals surface area (Å²) in [7, 11) is 1.55. The van der Waals surface area contributed by atoms with E-state index in [1.165, 1.54) is 0 Å². The SMILES string of the molecule is CCc1nc(C)c(CNC(=O)[C@@H](OC)c2ccccc2)s1. The van der Waals surface area contributed by atoms with Crippen LogP contribution in [-0.2, 0) is 22.5 Å². The van der Waals surface area contributed by atoms with E-state index in [4.69, 9.17) is 4.74 Å². The first-order chi connectivity index (χ1) is 10.2.